The number of pyridine rings is 1. The topological polar surface area (TPSA) is 59.2 Å². The number of carbonyl (C=O) groups excluding carboxylic acids is 1. The summed E-state index contributed by atoms with van der Waals surface area (Å²) in [5.74, 6) is -0.0780. The highest BCUT2D eigenvalue weighted by molar-refractivity contribution is 9.10. The maximum absolute atomic E-state index is 12.6. The highest BCUT2D eigenvalue weighted by Gasteiger charge is 2.17. The van der Waals surface area contributed by atoms with E-state index in [1.54, 1.807) is 17.0 Å². The van der Waals surface area contributed by atoms with Crippen LogP contribution in [0.2, 0.25) is 0 Å². The summed E-state index contributed by atoms with van der Waals surface area (Å²) in [6.45, 7) is 4.97. The second-order valence-electron chi connectivity index (χ2n) is 4.82. The van der Waals surface area contributed by atoms with E-state index in [1.807, 2.05) is 38.1 Å². The average molecular weight is 348 g/mol. The van der Waals surface area contributed by atoms with Crippen LogP contribution < -0.4 is 5.73 Å². The monoisotopic (exact) mass is 347 g/mol. The van der Waals surface area contributed by atoms with E-state index < -0.39 is 0 Å². The summed E-state index contributed by atoms with van der Waals surface area (Å²) >= 11 is 3.35. The molecule has 5 heteroatoms. The Balaban J connectivity index is 2.22. The highest BCUT2D eigenvalue weighted by atomic mass is 79.9. The van der Waals surface area contributed by atoms with Gasteiger partial charge in [-0.3, -0.25) is 9.78 Å². The Morgan fingerprint density at radius 1 is 1.33 bits per heavy atom. The number of anilines is 1. The number of aryl methyl sites for hydroxylation is 1. The van der Waals surface area contributed by atoms with Crippen LogP contribution in [0.5, 0.6) is 0 Å². The van der Waals surface area contributed by atoms with E-state index in [-0.39, 0.29) is 5.91 Å². The predicted octanol–water partition coefficient (Wildman–Crippen LogP) is 3.40. The van der Waals surface area contributed by atoms with Crippen LogP contribution in [0.15, 0.2) is 40.9 Å². The predicted molar refractivity (Wildman–Crippen MR) is 87.9 cm³/mol. The van der Waals surface area contributed by atoms with Crippen molar-refractivity contribution >= 4 is 27.5 Å². The molecule has 2 rings (SSSR count). The fourth-order valence-electron chi connectivity index (χ4n) is 2.11. The maximum atomic E-state index is 12.6. The molecule has 0 bridgehead atoms. The molecule has 1 amide bonds. The minimum Gasteiger partial charge on any atom is -0.398 e. The zero-order valence-corrected chi connectivity index (χ0v) is 13.7. The van der Waals surface area contributed by atoms with Crippen molar-refractivity contribution in [3.05, 3.63) is 57.8 Å². The second-order valence-corrected chi connectivity index (χ2v) is 5.74. The molecule has 0 aliphatic heterocycles. The Bertz CT molecular complexity index is 658. The lowest BCUT2D eigenvalue weighted by Gasteiger charge is -2.21. The number of halogens is 1. The molecule has 2 N–H and O–H groups in total. The van der Waals surface area contributed by atoms with Gasteiger partial charge in [-0.25, -0.2) is 0 Å². The fourth-order valence-corrected chi connectivity index (χ4v) is 2.49. The Morgan fingerprint density at radius 3 is 2.71 bits per heavy atom. The first-order valence-electron chi connectivity index (χ1n) is 6.78. The first-order valence-corrected chi connectivity index (χ1v) is 7.57. The molecule has 0 atom stereocenters. The average Bonchev–Trinajstić information content (AvgIpc) is 2.44. The molecule has 0 radical (unpaired) electrons. The van der Waals surface area contributed by atoms with Crippen molar-refractivity contribution in [1.29, 1.82) is 0 Å². The normalized spacial score (nSPS) is 10.4. The van der Waals surface area contributed by atoms with E-state index in [1.165, 1.54) is 0 Å². The van der Waals surface area contributed by atoms with Gasteiger partial charge in [0.15, 0.2) is 0 Å². The molecule has 0 saturated heterocycles. The van der Waals surface area contributed by atoms with E-state index in [9.17, 15) is 4.79 Å². The van der Waals surface area contributed by atoms with E-state index in [0.717, 1.165) is 15.9 Å². The molecular formula is C16H18BrN3O. The zero-order chi connectivity index (χ0) is 15.4. The molecule has 1 heterocycles. The van der Waals surface area contributed by atoms with Gasteiger partial charge in [-0.1, -0.05) is 22.0 Å². The van der Waals surface area contributed by atoms with Crippen LogP contribution in [0.4, 0.5) is 5.69 Å². The van der Waals surface area contributed by atoms with Gasteiger partial charge < -0.3 is 10.6 Å². The summed E-state index contributed by atoms with van der Waals surface area (Å²) in [4.78, 5) is 18.8. The third-order valence-electron chi connectivity index (χ3n) is 3.21. The standard InChI is InChI=1S/C16H18BrN3O/c1-3-20(10-13-6-4-5-11(2)19-13)16(21)14-8-7-12(17)9-15(14)18/h4-9H,3,10,18H2,1-2H3. The van der Waals surface area contributed by atoms with Crippen molar-refractivity contribution in [2.24, 2.45) is 0 Å². The van der Waals surface area contributed by atoms with Gasteiger partial charge >= 0.3 is 0 Å². The fraction of sp³-hybridized carbons (Fsp3) is 0.250. The summed E-state index contributed by atoms with van der Waals surface area (Å²) in [7, 11) is 0. The smallest absolute Gasteiger partial charge is 0.256 e. The van der Waals surface area contributed by atoms with Gasteiger partial charge in [0, 0.05) is 22.4 Å². The van der Waals surface area contributed by atoms with Gasteiger partial charge in [-0.05, 0) is 44.2 Å². The summed E-state index contributed by atoms with van der Waals surface area (Å²) in [6.07, 6.45) is 0. The lowest BCUT2D eigenvalue weighted by molar-refractivity contribution is 0.0751. The molecule has 1 aromatic heterocycles. The molecular weight excluding hydrogens is 330 g/mol. The van der Waals surface area contributed by atoms with E-state index in [4.69, 9.17) is 5.73 Å². The van der Waals surface area contributed by atoms with Crippen molar-refractivity contribution in [3.8, 4) is 0 Å². The largest absolute Gasteiger partial charge is 0.398 e. The lowest BCUT2D eigenvalue weighted by Crippen LogP contribution is -2.31. The van der Waals surface area contributed by atoms with Crippen LogP contribution in [0.1, 0.15) is 28.7 Å². The molecule has 4 nitrogen and oxygen atoms in total. The van der Waals surface area contributed by atoms with Crippen LogP contribution in [-0.2, 0) is 6.54 Å². The van der Waals surface area contributed by atoms with Crippen molar-refractivity contribution in [2.75, 3.05) is 12.3 Å². The SMILES string of the molecule is CCN(Cc1cccc(C)n1)C(=O)c1ccc(Br)cc1N. The number of nitrogens with two attached hydrogens (primary N) is 1. The third kappa shape index (κ3) is 3.82. The number of benzene rings is 1. The van der Waals surface area contributed by atoms with Crippen LogP contribution >= 0.6 is 15.9 Å². The second kappa shape index (κ2) is 6.72. The van der Waals surface area contributed by atoms with Gasteiger partial charge in [0.2, 0.25) is 0 Å². The summed E-state index contributed by atoms with van der Waals surface area (Å²) < 4.78 is 0.861. The van der Waals surface area contributed by atoms with Crippen molar-refractivity contribution in [3.63, 3.8) is 0 Å². The molecule has 110 valence electrons. The molecule has 1 aromatic carbocycles. The third-order valence-corrected chi connectivity index (χ3v) is 3.71. The number of hydrogen-bond acceptors (Lipinski definition) is 3. The first-order chi connectivity index (χ1) is 10.0. The first kappa shape index (κ1) is 15.5. The lowest BCUT2D eigenvalue weighted by atomic mass is 10.1. The quantitative estimate of drug-likeness (QED) is 0.862. The van der Waals surface area contributed by atoms with E-state index in [0.29, 0.717) is 24.3 Å². The van der Waals surface area contributed by atoms with Crippen LogP contribution in [0, 0.1) is 6.92 Å². The van der Waals surface area contributed by atoms with E-state index in [2.05, 4.69) is 20.9 Å². The van der Waals surface area contributed by atoms with Crippen LogP contribution in [0.3, 0.4) is 0 Å². The van der Waals surface area contributed by atoms with Crippen molar-refractivity contribution < 1.29 is 4.79 Å². The number of nitrogens with zero attached hydrogens (tertiary/aromatic N) is 2. The van der Waals surface area contributed by atoms with Crippen LogP contribution in [0.25, 0.3) is 0 Å². The maximum Gasteiger partial charge on any atom is 0.256 e. The van der Waals surface area contributed by atoms with Gasteiger partial charge in [0.25, 0.3) is 5.91 Å². The molecule has 0 aliphatic rings. The van der Waals surface area contributed by atoms with Gasteiger partial charge in [0.1, 0.15) is 0 Å². The minimum atomic E-state index is -0.0780. The molecule has 0 unspecified atom stereocenters. The zero-order valence-electron chi connectivity index (χ0n) is 12.1. The Kier molecular flexibility index (Phi) is 4.96. The van der Waals surface area contributed by atoms with Crippen molar-refractivity contribution in [1.82, 2.24) is 9.88 Å². The van der Waals surface area contributed by atoms with Crippen LogP contribution in [-0.4, -0.2) is 22.3 Å². The van der Waals surface area contributed by atoms with Gasteiger partial charge in [0.05, 0.1) is 17.8 Å². The molecule has 21 heavy (non-hydrogen) atoms. The molecule has 0 aliphatic carbocycles. The molecule has 0 fully saturated rings. The molecule has 0 saturated carbocycles. The molecule has 2 aromatic rings. The number of amides is 1. The Hall–Kier alpha value is -1.88. The molecule has 0 spiro atoms. The van der Waals surface area contributed by atoms with Crippen molar-refractivity contribution in [2.45, 2.75) is 20.4 Å². The minimum absolute atomic E-state index is 0.0780. The van der Waals surface area contributed by atoms with Gasteiger partial charge in [-0.15, -0.1) is 0 Å². The number of nitrogen functional groups attached to an aromatic ring is 1. The number of aromatic nitrogens is 1. The number of rotatable bonds is 4. The van der Waals surface area contributed by atoms with E-state index >= 15 is 0 Å². The van der Waals surface area contributed by atoms with Gasteiger partial charge in [-0.2, -0.15) is 0 Å². The summed E-state index contributed by atoms with van der Waals surface area (Å²) in [6, 6.07) is 11.1. The number of carbonyl (C=O) groups is 1. The highest BCUT2D eigenvalue weighted by Crippen LogP contribution is 2.20. The summed E-state index contributed by atoms with van der Waals surface area (Å²) in [5, 5.41) is 0. The number of hydrogen-bond donors (Lipinski definition) is 1. The summed E-state index contributed by atoms with van der Waals surface area (Å²) in [5.41, 5.74) is 8.76. The Labute approximate surface area is 133 Å². The Morgan fingerprint density at radius 2 is 2.10 bits per heavy atom.